The van der Waals surface area contributed by atoms with Crippen LogP contribution in [-0.2, 0) is 6.61 Å². The van der Waals surface area contributed by atoms with Crippen molar-refractivity contribution in [2.45, 2.75) is 13.5 Å². The van der Waals surface area contributed by atoms with Crippen LogP contribution < -0.4 is 0 Å². The van der Waals surface area contributed by atoms with Crippen LogP contribution >= 0.6 is 11.6 Å². The number of hydrogen-bond acceptors (Lipinski definition) is 2. The largest absolute Gasteiger partial charge is 0.392 e. The van der Waals surface area contributed by atoms with Crippen LogP contribution in [0.5, 0.6) is 0 Å². The first-order valence-corrected chi connectivity index (χ1v) is 3.87. The Morgan fingerprint density at radius 3 is 2.67 bits per heavy atom. The molecule has 1 rings (SSSR count). The first-order valence-electron chi connectivity index (χ1n) is 3.49. The van der Waals surface area contributed by atoms with E-state index >= 15 is 0 Å². The van der Waals surface area contributed by atoms with Gasteiger partial charge in [-0.3, -0.25) is 0 Å². The molecular weight excluding hydrogens is 174 g/mol. The smallest absolute Gasteiger partial charge is 0.0992 e. The van der Waals surface area contributed by atoms with Gasteiger partial charge in [0.25, 0.3) is 0 Å². The lowest BCUT2D eigenvalue weighted by molar-refractivity contribution is 0.281. The van der Waals surface area contributed by atoms with Gasteiger partial charge in [0, 0.05) is 5.02 Å². The van der Waals surface area contributed by atoms with Crippen molar-refractivity contribution in [2.75, 3.05) is 0 Å². The van der Waals surface area contributed by atoms with Gasteiger partial charge in [0.1, 0.15) is 0 Å². The van der Waals surface area contributed by atoms with Crippen molar-refractivity contribution in [3.05, 3.63) is 33.8 Å². The zero-order valence-corrected chi connectivity index (χ0v) is 7.39. The van der Waals surface area contributed by atoms with Gasteiger partial charge in [0.2, 0.25) is 0 Å². The molecule has 2 nitrogen and oxygen atoms in total. The molecule has 0 spiro atoms. The Labute approximate surface area is 76.0 Å². The van der Waals surface area contributed by atoms with Crippen LogP contribution in [0, 0.1) is 18.3 Å². The lowest BCUT2D eigenvalue weighted by Crippen LogP contribution is -1.91. The molecule has 0 aliphatic carbocycles. The molecule has 0 atom stereocenters. The topological polar surface area (TPSA) is 44.0 Å². The lowest BCUT2D eigenvalue weighted by atomic mass is 10.1. The van der Waals surface area contributed by atoms with Crippen LogP contribution in [0.15, 0.2) is 12.1 Å². The van der Waals surface area contributed by atoms with E-state index in [0.717, 1.165) is 5.56 Å². The van der Waals surface area contributed by atoms with E-state index in [2.05, 4.69) is 0 Å². The van der Waals surface area contributed by atoms with Gasteiger partial charge in [-0.2, -0.15) is 5.26 Å². The van der Waals surface area contributed by atoms with Crippen molar-refractivity contribution >= 4 is 11.6 Å². The monoisotopic (exact) mass is 181 g/mol. The van der Waals surface area contributed by atoms with E-state index < -0.39 is 0 Å². The molecule has 62 valence electrons. The van der Waals surface area contributed by atoms with Crippen LogP contribution in [0.25, 0.3) is 0 Å². The summed E-state index contributed by atoms with van der Waals surface area (Å²) >= 11 is 5.80. The Balaban J connectivity index is 3.30. The Kier molecular flexibility index (Phi) is 2.69. The Hall–Kier alpha value is -1.04. The molecule has 0 heterocycles. The second-order valence-corrected chi connectivity index (χ2v) is 2.93. The van der Waals surface area contributed by atoms with Crippen molar-refractivity contribution in [3.63, 3.8) is 0 Å². The molecule has 0 bridgehead atoms. The normalized spacial score (nSPS) is 9.50. The molecule has 0 unspecified atom stereocenters. The third-order valence-corrected chi connectivity index (χ3v) is 2.04. The summed E-state index contributed by atoms with van der Waals surface area (Å²) in [6, 6.07) is 5.26. The molecule has 1 aromatic carbocycles. The van der Waals surface area contributed by atoms with Gasteiger partial charge in [0.15, 0.2) is 0 Å². The number of halogens is 1. The standard InChI is InChI=1S/C9H8ClNO/c1-6-2-7(4-11)3-9(10)8(6)5-12/h2-3,12H,5H2,1H3. The summed E-state index contributed by atoms with van der Waals surface area (Å²) in [7, 11) is 0. The molecule has 0 saturated heterocycles. The molecule has 1 aromatic rings. The first kappa shape index (κ1) is 9.05. The zero-order chi connectivity index (χ0) is 9.14. The van der Waals surface area contributed by atoms with Crippen LogP contribution in [0.3, 0.4) is 0 Å². The average molecular weight is 182 g/mol. The summed E-state index contributed by atoms with van der Waals surface area (Å²) in [6.07, 6.45) is 0. The predicted molar refractivity (Wildman–Crippen MR) is 46.8 cm³/mol. The Morgan fingerprint density at radius 2 is 2.25 bits per heavy atom. The van der Waals surface area contributed by atoms with Crippen LogP contribution in [0.2, 0.25) is 5.02 Å². The minimum absolute atomic E-state index is 0.0869. The summed E-state index contributed by atoms with van der Waals surface area (Å²) in [4.78, 5) is 0. The molecule has 0 aromatic heterocycles. The third kappa shape index (κ3) is 1.58. The number of aryl methyl sites for hydroxylation is 1. The van der Waals surface area contributed by atoms with E-state index in [-0.39, 0.29) is 6.61 Å². The number of benzene rings is 1. The van der Waals surface area contributed by atoms with E-state index in [1.54, 1.807) is 12.1 Å². The van der Waals surface area contributed by atoms with Gasteiger partial charge >= 0.3 is 0 Å². The molecular formula is C9H8ClNO. The van der Waals surface area contributed by atoms with Gasteiger partial charge in [-0.1, -0.05) is 11.6 Å². The third-order valence-electron chi connectivity index (χ3n) is 1.71. The molecule has 3 heteroatoms. The van der Waals surface area contributed by atoms with E-state index in [0.29, 0.717) is 16.1 Å². The lowest BCUT2D eigenvalue weighted by Gasteiger charge is -2.04. The second kappa shape index (κ2) is 3.57. The van der Waals surface area contributed by atoms with E-state index in [1.807, 2.05) is 13.0 Å². The van der Waals surface area contributed by atoms with Gasteiger partial charge in [-0.15, -0.1) is 0 Å². The molecule has 0 aliphatic rings. The SMILES string of the molecule is Cc1cc(C#N)cc(Cl)c1CO. The van der Waals surface area contributed by atoms with E-state index in [9.17, 15) is 0 Å². The van der Waals surface area contributed by atoms with Gasteiger partial charge in [-0.05, 0) is 30.2 Å². The van der Waals surface area contributed by atoms with Crippen molar-refractivity contribution in [3.8, 4) is 6.07 Å². The van der Waals surface area contributed by atoms with Crippen LogP contribution in [-0.4, -0.2) is 5.11 Å². The summed E-state index contributed by atoms with van der Waals surface area (Å²) in [5.41, 5.74) is 2.06. The fraction of sp³-hybridized carbons (Fsp3) is 0.222. The number of aliphatic hydroxyl groups excluding tert-OH is 1. The summed E-state index contributed by atoms with van der Waals surface area (Å²) in [5.74, 6) is 0. The van der Waals surface area contributed by atoms with Crippen molar-refractivity contribution in [2.24, 2.45) is 0 Å². The highest BCUT2D eigenvalue weighted by atomic mass is 35.5. The Morgan fingerprint density at radius 1 is 1.58 bits per heavy atom. The van der Waals surface area contributed by atoms with Gasteiger partial charge < -0.3 is 5.11 Å². The molecule has 0 radical (unpaired) electrons. The average Bonchev–Trinajstić information content (AvgIpc) is 2.03. The molecule has 1 N–H and O–H groups in total. The second-order valence-electron chi connectivity index (χ2n) is 2.52. The number of rotatable bonds is 1. The number of nitriles is 1. The maximum atomic E-state index is 8.90. The number of aliphatic hydroxyl groups is 1. The highest BCUT2D eigenvalue weighted by molar-refractivity contribution is 6.31. The van der Waals surface area contributed by atoms with Gasteiger partial charge in [0.05, 0.1) is 18.2 Å². The quantitative estimate of drug-likeness (QED) is 0.721. The first-order chi connectivity index (χ1) is 5.69. The minimum atomic E-state index is -0.0869. The van der Waals surface area contributed by atoms with Crippen molar-refractivity contribution in [1.82, 2.24) is 0 Å². The molecule has 0 saturated carbocycles. The minimum Gasteiger partial charge on any atom is -0.392 e. The van der Waals surface area contributed by atoms with Crippen LogP contribution in [0.4, 0.5) is 0 Å². The summed E-state index contributed by atoms with van der Waals surface area (Å²) in [6.45, 7) is 1.73. The predicted octanol–water partition coefficient (Wildman–Crippen LogP) is 2.01. The van der Waals surface area contributed by atoms with Gasteiger partial charge in [-0.25, -0.2) is 0 Å². The van der Waals surface area contributed by atoms with E-state index in [4.69, 9.17) is 22.0 Å². The molecule has 0 amide bonds. The number of hydrogen-bond donors (Lipinski definition) is 1. The molecule has 0 aliphatic heterocycles. The zero-order valence-electron chi connectivity index (χ0n) is 6.63. The summed E-state index contributed by atoms with van der Waals surface area (Å²) in [5, 5.41) is 17.9. The fourth-order valence-corrected chi connectivity index (χ4v) is 1.37. The molecule has 0 fully saturated rings. The Bertz CT molecular complexity index is 318. The van der Waals surface area contributed by atoms with Crippen molar-refractivity contribution < 1.29 is 5.11 Å². The summed E-state index contributed by atoms with van der Waals surface area (Å²) < 4.78 is 0. The maximum Gasteiger partial charge on any atom is 0.0992 e. The highest BCUT2D eigenvalue weighted by Gasteiger charge is 2.04. The number of nitrogens with zero attached hydrogens (tertiary/aromatic N) is 1. The van der Waals surface area contributed by atoms with Crippen LogP contribution in [0.1, 0.15) is 16.7 Å². The van der Waals surface area contributed by atoms with Crippen molar-refractivity contribution in [1.29, 1.82) is 5.26 Å². The fourth-order valence-electron chi connectivity index (χ4n) is 1.04. The highest BCUT2D eigenvalue weighted by Crippen LogP contribution is 2.21. The van der Waals surface area contributed by atoms with E-state index in [1.165, 1.54) is 0 Å². The molecule has 12 heavy (non-hydrogen) atoms. The maximum absolute atomic E-state index is 8.90.